The van der Waals surface area contributed by atoms with Gasteiger partial charge in [-0.2, -0.15) is 0 Å². The molecular weight excluding hydrogens is 502 g/mol. The highest BCUT2D eigenvalue weighted by Crippen LogP contribution is 2.51. The first-order chi connectivity index (χ1) is 19.9. The molecule has 2 heterocycles. The van der Waals surface area contributed by atoms with Crippen LogP contribution in [0.25, 0.3) is 91.5 Å². The van der Waals surface area contributed by atoms with E-state index in [0.29, 0.717) is 0 Å². The van der Waals surface area contributed by atoms with Gasteiger partial charge in [-0.1, -0.05) is 109 Å². The van der Waals surface area contributed by atoms with Crippen LogP contribution in [-0.2, 0) is 0 Å². The van der Waals surface area contributed by atoms with Crippen molar-refractivity contribution in [2.45, 2.75) is 0 Å². The molecule has 40 heavy (non-hydrogen) atoms. The van der Waals surface area contributed by atoms with Gasteiger partial charge >= 0.3 is 0 Å². The maximum Gasteiger partial charge on any atom is 0.0634 e. The van der Waals surface area contributed by atoms with Crippen LogP contribution >= 0.6 is 11.3 Å². The van der Waals surface area contributed by atoms with Crippen molar-refractivity contribution >= 4 is 74.9 Å². The predicted octanol–water partition coefficient (Wildman–Crippen LogP) is 11.1. The number of rotatable bonds is 1. The number of hydrogen-bond acceptors (Lipinski definition) is 1. The smallest absolute Gasteiger partial charge is 0.0634 e. The number of hydrogen-bond donors (Lipinski definition) is 0. The highest BCUT2D eigenvalue weighted by molar-refractivity contribution is 7.27. The minimum absolute atomic E-state index is 1.24. The van der Waals surface area contributed by atoms with Crippen molar-refractivity contribution in [3.63, 3.8) is 0 Å². The summed E-state index contributed by atoms with van der Waals surface area (Å²) in [5, 5.41) is 10.7. The third-order valence-electron chi connectivity index (χ3n) is 8.91. The molecule has 2 heteroatoms. The summed E-state index contributed by atoms with van der Waals surface area (Å²) < 4.78 is 5.26. The lowest BCUT2D eigenvalue weighted by Crippen LogP contribution is -1.96. The maximum atomic E-state index is 2.54. The second kappa shape index (κ2) is 7.38. The molecule has 0 bridgehead atoms. The monoisotopic (exact) mass is 523 g/mol. The van der Waals surface area contributed by atoms with E-state index in [1.54, 1.807) is 0 Å². The molecule has 10 rings (SSSR count). The summed E-state index contributed by atoms with van der Waals surface area (Å²) in [5.74, 6) is 0. The van der Waals surface area contributed by atoms with Crippen molar-refractivity contribution in [1.29, 1.82) is 0 Å². The van der Waals surface area contributed by atoms with E-state index in [1.807, 2.05) is 11.3 Å². The Kier molecular flexibility index (Phi) is 3.87. The van der Waals surface area contributed by atoms with Crippen LogP contribution < -0.4 is 0 Å². The molecule has 0 amide bonds. The van der Waals surface area contributed by atoms with Gasteiger partial charge < -0.3 is 4.57 Å². The zero-order valence-corrected chi connectivity index (χ0v) is 22.3. The second-order valence-electron chi connectivity index (χ2n) is 10.8. The summed E-state index contributed by atoms with van der Waals surface area (Å²) in [4.78, 5) is 0. The number of aromatic nitrogens is 1. The fraction of sp³-hybridized carbons (Fsp3) is 0. The van der Waals surface area contributed by atoms with E-state index in [4.69, 9.17) is 0 Å². The van der Waals surface area contributed by atoms with Crippen molar-refractivity contribution in [3.05, 3.63) is 127 Å². The van der Waals surface area contributed by atoms with Gasteiger partial charge in [0, 0.05) is 41.7 Å². The van der Waals surface area contributed by atoms with Crippen LogP contribution in [0, 0.1) is 0 Å². The molecule has 0 radical (unpaired) electrons. The van der Waals surface area contributed by atoms with Crippen LogP contribution in [0.15, 0.2) is 127 Å². The Labute approximate surface area is 234 Å². The number of para-hydroxylation sites is 1. The van der Waals surface area contributed by atoms with E-state index in [9.17, 15) is 0 Å². The minimum atomic E-state index is 1.24. The van der Waals surface area contributed by atoms with E-state index in [0.717, 1.165) is 0 Å². The summed E-state index contributed by atoms with van der Waals surface area (Å²) in [6.07, 6.45) is 0. The van der Waals surface area contributed by atoms with Crippen molar-refractivity contribution in [3.8, 4) is 27.9 Å². The second-order valence-corrected chi connectivity index (χ2v) is 11.9. The lowest BCUT2D eigenvalue weighted by atomic mass is 9.99. The molecule has 0 N–H and O–H groups in total. The first-order valence-electron chi connectivity index (χ1n) is 13.8. The molecule has 1 aliphatic rings. The normalized spacial score (nSPS) is 12.5. The fourth-order valence-electron chi connectivity index (χ4n) is 7.36. The van der Waals surface area contributed by atoms with Crippen molar-refractivity contribution in [2.24, 2.45) is 0 Å². The van der Waals surface area contributed by atoms with Crippen LogP contribution in [-0.4, -0.2) is 4.57 Å². The van der Waals surface area contributed by atoms with E-state index < -0.39 is 0 Å². The first-order valence-corrected chi connectivity index (χ1v) is 14.6. The number of fused-ring (bicyclic) bond motifs is 13. The Morgan fingerprint density at radius 1 is 0.400 bits per heavy atom. The number of nitrogens with zero attached hydrogens (tertiary/aromatic N) is 1. The SMILES string of the molecule is c1ccc2c(c1)-c1cccc3c(-n4c5ccccc5c5c6sc7ccccc7c6c6ccccc6c54)ccc-2c13. The molecule has 0 atom stereocenters. The molecular formula is C38H21NS. The number of benzene rings is 7. The van der Waals surface area contributed by atoms with Crippen molar-refractivity contribution in [2.75, 3.05) is 0 Å². The van der Waals surface area contributed by atoms with Gasteiger partial charge in [-0.3, -0.25) is 0 Å². The Hall–Kier alpha value is -4.92. The molecule has 1 nitrogen and oxygen atoms in total. The quantitative estimate of drug-likeness (QED) is 0.202. The lowest BCUT2D eigenvalue weighted by molar-refractivity contribution is 1.21. The minimum Gasteiger partial charge on any atom is -0.308 e. The summed E-state index contributed by atoms with van der Waals surface area (Å²) in [6.45, 7) is 0. The Morgan fingerprint density at radius 2 is 1.02 bits per heavy atom. The molecule has 0 fully saturated rings. The molecule has 0 spiro atoms. The van der Waals surface area contributed by atoms with Gasteiger partial charge in [0.25, 0.3) is 0 Å². The average Bonchev–Trinajstić information content (AvgIpc) is 3.67. The average molecular weight is 524 g/mol. The zero-order chi connectivity index (χ0) is 25.9. The van der Waals surface area contributed by atoms with Gasteiger partial charge in [0.05, 0.1) is 16.7 Å². The predicted molar refractivity (Wildman–Crippen MR) is 173 cm³/mol. The summed E-state index contributed by atoms with van der Waals surface area (Å²) in [5.41, 5.74) is 9.13. The molecule has 2 aromatic heterocycles. The third-order valence-corrected chi connectivity index (χ3v) is 10.1. The van der Waals surface area contributed by atoms with Crippen LogP contribution in [0.1, 0.15) is 0 Å². The molecule has 9 aromatic rings. The molecule has 7 aromatic carbocycles. The Bertz CT molecular complexity index is 2510. The van der Waals surface area contributed by atoms with E-state index in [-0.39, 0.29) is 0 Å². The number of thiophene rings is 1. The van der Waals surface area contributed by atoms with Crippen LogP contribution in [0.2, 0.25) is 0 Å². The Balaban J connectivity index is 1.46. The van der Waals surface area contributed by atoms with E-state index in [1.165, 1.54) is 91.5 Å². The molecule has 184 valence electrons. The standard InChI is InChI=1S/C38H21NS/c1-2-11-23-22(10-1)24-16-9-17-28-32(21-20-26(23)34(24)28)39-31-18-7-5-14-29(31)36-37(39)27-13-4-3-12-25(27)35-30-15-6-8-19-33(30)40-38(35)36/h1-21H. The van der Waals surface area contributed by atoms with Crippen molar-refractivity contribution < 1.29 is 0 Å². The van der Waals surface area contributed by atoms with Crippen molar-refractivity contribution in [1.82, 2.24) is 4.57 Å². The summed E-state index contributed by atoms with van der Waals surface area (Å²) >= 11 is 1.93. The van der Waals surface area contributed by atoms with E-state index in [2.05, 4.69) is 132 Å². The van der Waals surface area contributed by atoms with Crippen LogP contribution in [0.3, 0.4) is 0 Å². The maximum absolute atomic E-state index is 2.54. The van der Waals surface area contributed by atoms with Crippen LogP contribution in [0.5, 0.6) is 0 Å². The van der Waals surface area contributed by atoms with E-state index >= 15 is 0 Å². The molecule has 0 aliphatic heterocycles. The molecule has 1 aliphatic carbocycles. The van der Waals surface area contributed by atoms with Crippen LogP contribution in [0.4, 0.5) is 0 Å². The van der Waals surface area contributed by atoms with Gasteiger partial charge in [-0.15, -0.1) is 11.3 Å². The van der Waals surface area contributed by atoms with Gasteiger partial charge in [-0.05, 0) is 51.2 Å². The lowest BCUT2D eigenvalue weighted by Gasteiger charge is -2.15. The van der Waals surface area contributed by atoms with Gasteiger partial charge in [0.2, 0.25) is 0 Å². The highest BCUT2D eigenvalue weighted by atomic mass is 32.1. The summed E-state index contributed by atoms with van der Waals surface area (Å²) in [7, 11) is 0. The topological polar surface area (TPSA) is 4.93 Å². The molecule has 0 saturated carbocycles. The third kappa shape index (κ3) is 2.44. The largest absolute Gasteiger partial charge is 0.308 e. The van der Waals surface area contributed by atoms with Gasteiger partial charge in [-0.25, -0.2) is 0 Å². The summed E-state index contributed by atoms with van der Waals surface area (Å²) in [6, 6.07) is 47.2. The highest BCUT2D eigenvalue weighted by Gasteiger charge is 2.25. The zero-order valence-electron chi connectivity index (χ0n) is 21.5. The first kappa shape index (κ1) is 21.0. The van der Waals surface area contributed by atoms with Gasteiger partial charge in [0.15, 0.2) is 0 Å². The fourth-order valence-corrected chi connectivity index (χ4v) is 8.64. The Morgan fingerprint density at radius 3 is 1.88 bits per heavy atom. The molecule has 0 saturated heterocycles. The van der Waals surface area contributed by atoms with Gasteiger partial charge in [0.1, 0.15) is 0 Å². The molecule has 0 unspecified atom stereocenters.